The van der Waals surface area contributed by atoms with Gasteiger partial charge in [0.05, 0.1) is 18.0 Å². The molecule has 0 bridgehead atoms. The molecular formula is C21H29N5O3. The van der Waals surface area contributed by atoms with Crippen molar-refractivity contribution in [3.05, 3.63) is 29.8 Å². The highest BCUT2D eigenvalue weighted by Gasteiger charge is 2.49. The van der Waals surface area contributed by atoms with Crippen LogP contribution in [0, 0.1) is 24.7 Å². The van der Waals surface area contributed by atoms with Gasteiger partial charge in [-0.3, -0.25) is 24.6 Å². The number of carbonyl (C=O) groups is 3. The molecule has 29 heavy (non-hydrogen) atoms. The van der Waals surface area contributed by atoms with Crippen molar-refractivity contribution in [3.8, 4) is 0 Å². The standard InChI is InChI=1S/C21H29N5O3/c1-12-6-5-9-26(11-12)21-24-18-17(20(29)25-21)14(10-16(27)23-18)19(28)22-15-8-4-3-7-13(15)2/h3-4,7-8,12,14,17-18,21,24H,5-6,9-11H2,1-2H3,(H,22,28)(H,23,27)(H,25,29). The van der Waals surface area contributed by atoms with Crippen LogP contribution in [0.2, 0.25) is 0 Å². The fourth-order valence-corrected chi connectivity index (χ4v) is 4.65. The normalized spacial score (nSPS) is 32.7. The fraction of sp³-hybridized carbons (Fsp3) is 0.571. The molecule has 1 aromatic carbocycles. The minimum atomic E-state index is -0.720. The third-order valence-corrected chi connectivity index (χ3v) is 6.23. The number of aryl methyl sites for hydroxylation is 1. The minimum Gasteiger partial charge on any atom is -0.340 e. The van der Waals surface area contributed by atoms with Gasteiger partial charge < -0.3 is 16.0 Å². The van der Waals surface area contributed by atoms with E-state index in [4.69, 9.17) is 0 Å². The van der Waals surface area contributed by atoms with Crippen molar-refractivity contribution in [2.45, 2.75) is 45.6 Å². The van der Waals surface area contributed by atoms with E-state index in [1.54, 1.807) is 0 Å². The number of benzene rings is 1. The Kier molecular flexibility index (Phi) is 5.56. The molecule has 1 aromatic rings. The first-order valence-corrected chi connectivity index (χ1v) is 10.4. The molecule has 8 heteroatoms. The molecule has 0 radical (unpaired) electrons. The number of rotatable bonds is 3. The quantitative estimate of drug-likeness (QED) is 0.601. The number of amides is 3. The molecule has 0 saturated carbocycles. The van der Waals surface area contributed by atoms with Crippen LogP contribution in [-0.4, -0.2) is 48.2 Å². The number of nitrogens with zero attached hydrogens (tertiary/aromatic N) is 1. The number of para-hydroxylation sites is 1. The highest BCUT2D eigenvalue weighted by Crippen LogP contribution is 2.29. The van der Waals surface area contributed by atoms with E-state index in [0.29, 0.717) is 11.6 Å². The lowest BCUT2D eigenvalue weighted by molar-refractivity contribution is -0.148. The van der Waals surface area contributed by atoms with E-state index in [2.05, 4.69) is 33.1 Å². The van der Waals surface area contributed by atoms with Crippen LogP contribution in [0.1, 0.15) is 31.7 Å². The minimum absolute atomic E-state index is 0.000599. The number of likely N-dealkylation sites (tertiary alicyclic amines) is 1. The lowest BCUT2D eigenvalue weighted by Crippen LogP contribution is -2.74. The summed E-state index contributed by atoms with van der Waals surface area (Å²) in [5.74, 6) is -1.51. The molecule has 5 atom stereocenters. The monoisotopic (exact) mass is 399 g/mol. The molecule has 8 nitrogen and oxygen atoms in total. The third-order valence-electron chi connectivity index (χ3n) is 6.23. The molecular weight excluding hydrogens is 370 g/mol. The maximum absolute atomic E-state index is 13.0. The van der Waals surface area contributed by atoms with Gasteiger partial charge in [-0.05, 0) is 37.3 Å². The van der Waals surface area contributed by atoms with E-state index in [9.17, 15) is 14.4 Å². The van der Waals surface area contributed by atoms with Gasteiger partial charge in [-0.25, -0.2) is 0 Å². The average molecular weight is 399 g/mol. The number of anilines is 1. The highest BCUT2D eigenvalue weighted by molar-refractivity contribution is 6.00. The number of nitrogens with one attached hydrogen (secondary N) is 4. The second-order valence-corrected chi connectivity index (χ2v) is 8.51. The van der Waals surface area contributed by atoms with Crippen LogP contribution in [-0.2, 0) is 14.4 Å². The summed E-state index contributed by atoms with van der Waals surface area (Å²) in [5, 5.41) is 12.1. The van der Waals surface area contributed by atoms with Gasteiger partial charge in [0.2, 0.25) is 17.7 Å². The molecule has 0 aliphatic carbocycles. The molecule has 0 aromatic heterocycles. The summed E-state index contributed by atoms with van der Waals surface area (Å²) in [6, 6.07) is 7.47. The largest absolute Gasteiger partial charge is 0.340 e. The second kappa shape index (κ2) is 8.12. The third kappa shape index (κ3) is 4.13. The van der Waals surface area contributed by atoms with E-state index in [1.807, 2.05) is 31.2 Å². The average Bonchev–Trinajstić information content (AvgIpc) is 2.68. The summed E-state index contributed by atoms with van der Waals surface area (Å²) < 4.78 is 0. The first kappa shape index (κ1) is 19.8. The van der Waals surface area contributed by atoms with Crippen LogP contribution in [0.3, 0.4) is 0 Å². The fourth-order valence-electron chi connectivity index (χ4n) is 4.65. The lowest BCUT2D eigenvalue weighted by atomic mass is 9.81. The highest BCUT2D eigenvalue weighted by atomic mass is 16.2. The van der Waals surface area contributed by atoms with E-state index >= 15 is 0 Å². The molecule has 3 amide bonds. The summed E-state index contributed by atoms with van der Waals surface area (Å²) in [7, 11) is 0. The Morgan fingerprint density at radius 3 is 2.76 bits per heavy atom. The maximum atomic E-state index is 13.0. The van der Waals surface area contributed by atoms with Crippen molar-refractivity contribution in [1.82, 2.24) is 20.9 Å². The van der Waals surface area contributed by atoms with E-state index in [1.165, 1.54) is 6.42 Å². The maximum Gasteiger partial charge on any atom is 0.229 e. The Hall–Kier alpha value is -2.45. The SMILES string of the molecule is Cc1ccccc1NC(=O)C1CC(=O)NC2NC(N3CCCC(C)C3)NC(=O)C21. The van der Waals surface area contributed by atoms with Gasteiger partial charge in [0, 0.05) is 25.2 Å². The summed E-state index contributed by atoms with van der Waals surface area (Å²) in [6.45, 7) is 5.89. The Balaban J connectivity index is 1.50. The molecule has 3 heterocycles. The zero-order valence-electron chi connectivity index (χ0n) is 16.9. The van der Waals surface area contributed by atoms with E-state index < -0.39 is 18.0 Å². The van der Waals surface area contributed by atoms with Gasteiger partial charge in [-0.1, -0.05) is 25.1 Å². The van der Waals surface area contributed by atoms with Crippen LogP contribution in [0.25, 0.3) is 0 Å². The molecule has 3 fully saturated rings. The second-order valence-electron chi connectivity index (χ2n) is 8.51. The number of hydrogen-bond acceptors (Lipinski definition) is 5. The number of piperidine rings is 2. The molecule has 156 valence electrons. The Bertz CT molecular complexity index is 813. The lowest BCUT2D eigenvalue weighted by Gasteiger charge is -2.47. The van der Waals surface area contributed by atoms with E-state index in [-0.39, 0.29) is 30.4 Å². The molecule has 3 aliphatic rings. The van der Waals surface area contributed by atoms with Gasteiger partial charge in [0.1, 0.15) is 6.29 Å². The van der Waals surface area contributed by atoms with Gasteiger partial charge in [-0.15, -0.1) is 0 Å². The van der Waals surface area contributed by atoms with Crippen LogP contribution in [0.4, 0.5) is 5.69 Å². The predicted octanol–water partition coefficient (Wildman–Crippen LogP) is 0.747. The van der Waals surface area contributed by atoms with Gasteiger partial charge in [0.25, 0.3) is 0 Å². The molecule has 3 aliphatic heterocycles. The van der Waals surface area contributed by atoms with Crippen LogP contribution < -0.4 is 21.3 Å². The Morgan fingerprint density at radius 2 is 2.00 bits per heavy atom. The van der Waals surface area contributed by atoms with Gasteiger partial charge in [0.15, 0.2) is 0 Å². The van der Waals surface area contributed by atoms with Crippen molar-refractivity contribution in [3.63, 3.8) is 0 Å². The summed E-state index contributed by atoms with van der Waals surface area (Å²) in [5.41, 5.74) is 1.63. The topological polar surface area (TPSA) is 103 Å². The zero-order valence-corrected chi connectivity index (χ0v) is 16.9. The predicted molar refractivity (Wildman–Crippen MR) is 108 cm³/mol. The van der Waals surface area contributed by atoms with Crippen LogP contribution in [0.15, 0.2) is 24.3 Å². The van der Waals surface area contributed by atoms with Gasteiger partial charge in [-0.2, -0.15) is 0 Å². The smallest absolute Gasteiger partial charge is 0.229 e. The van der Waals surface area contributed by atoms with Crippen molar-refractivity contribution < 1.29 is 14.4 Å². The summed E-state index contributed by atoms with van der Waals surface area (Å²) >= 11 is 0. The zero-order chi connectivity index (χ0) is 20.5. The van der Waals surface area contributed by atoms with Crippen molar-refractivity contribution >= 4 is 23.4 Å². The summed E-state index contributed by atoms with van der Waals surface area (Å²) in [4.78, 5) is 40.5. The van der Waals surface area contributed by atoms with Crippen molar-refractivity contribution in [2.24, 2.45) is 17.8 Å². The molecule has 0 spiro atoms. The Labute approximate surface area is 170 Å². The molecule has 4 rings (SSSR count). The van der Waals surface area contributed by atoms with Gasteiger partial charge >= 0.3 is 0 Å². The Morgan fingerprint density at radius 1 is 1.21 bits per heavy atom. The molecule has 3 saturated heterocycles. The molecule has 5 unspecified atom stereocenters. The molecule has 4 N–H and O–H groups in total. The van der Waals surface area contributed by atoms with Crippen LogP contribution >= 0.6 is 0 Å². The van der Waals surface area contributed by atoms with E-state index in [0.717, 1.165) is 25.1 Å². The summed E-state index contributed by atoms with van der Waals surface area (Å²) in [6.07, 6.45) is 1.38. The number of carbonyl (C=O) groups excluding carboxylic acids is 3. The number of hydrogen-bond donors (Lipinski definition) is 4. The number of fused-ring (bicyclic) bond motifs is 1. The van der Waals surface area contributed by atoms with Crippen LogP contribution in [0.5, 0.6) is 0 Å². The first-order chi connectivity index (χ1) is 13.9. The van der Waals surface area contributed by atoms with Crippen molar-refractivity contribution in [1.29, 1.82) is 0 Å². The first-order valence-electron chi connectivity index (χ1n) is 10.4. The van der Waals surface area contributed by atoms with Crippen molar-refractivity contribution in [2.75, 3.05) is 18.4 Å².